The second kappa shape index (κ2) is 13.0. The summed E-state index contributed by atoms with van der Waals surface area (Å²) in [5, 5.41) is 15.8. The third kappa shape index (κ3) is 8.94. The van der Waals surface area contributed by atoms with Gasteiger partial charge in [0.1, 0.15) is 23.4 Å². The van der Waals surface area contributed by atoms with Gasteiger partial charge in [-0.1, -0.05) is 25.3 Å². The van der Waals surface area contributed by atoms with E-state index in [1.165, 1.54) is 17.4 Å². The van der Waals surface area contributed by atoms with E-state index in [-0.39, 0.29) is 23.6 Å². The molecular formula is C26H41N3O5S. The predicted molar refractivity (Wildman–Crippen MR) is 140 cm³/mol. The molecule has 9 heteroatoms. The highest BCUT2D eigenvalue weighted by Gasteiger charge is 2.35. The van der Waals surface area contributed by atoms with Gasteiger partial charge in [0, 0.05) is 13.1 Å². The number of benzene rings is 1. The number of nitrogens with one attached hydrogen (secondary N) is 2. The topological polar surface area (TPSA) is 108 Å². The van der Waals surface area contributed by atoms with Crippen molar-refractivity contribution < 1.29 is 24.2 Å². The summed E-state index contributed by atoms with van der Waals surface area (Å²) in [5.41, 5.74) is 0.518. The highest BCUT2D eigenvalue weighted by Crippen LogP contribution is 2.27. The Bertz CT molecular complexity index is 880. The molecule has 0 radical (unpaired) electrons. The standard InChI is InChI=1S/C26H41N3O5S/c1-17-16-18(12-13-21(17)30)22(23(31)27-19-10-8-7-9-11-19)29(5)24(32)20(14-15-35-6)28-25(33)34-26(2,3)4/h12-13,16,19-20,22,30H,7-11,14-15H2,1-6H3,(H,27,31)(H,28,33). The number of ether oxygens (including phenoxy) is 1. The Labute approximate surface area is 213 Å². The summed E-state index contributed by atoms with van der Waals surface area (Å²) in [5.74, 6) is 0.133. The van der Waals surface area contributed by atoms with Crippen LogP contribution in [0.3, 0.4) is 0 Å². The fourth-order valence-corrected chi connectivity index (χ4v) is 4.71. The van der Waals surface area contributed by atoms with E-state index in [4.69, 9.17) is 4.74 Å². The van der Waals surface area contributed by atoms with Crippen molar-refractivity contribution in [1.29, 1.82) is 0 Å². The molecule has 196 valence electrons. The summed E-state index contributed by atoms with van der Waals surface area (Å²) in [6, 6.07) is 3.25. The normalized spacial score (nSPS) is 16.2. The first-order valence-electron chi connectivity index (χ1n) is 12.3. The van der Waals surface area contributed by atoms with Crippen LogP contribution in [0.1, 0.15) is 76.5 Å². The number of carbonyl (C=O) groups excluding carboxylic acids is 3. The molecule has 1 aromatic rings. The van der Waals surface area contributed by atoms with Crippen molar-refractivity contribution in [2.24, 2.45) is 0 Å². The van der Waals surface area contributed by atoms with Gasteiger partial charge in [0.2, 0.25) is 11.8 Å². The molecule has 0 bridgehead atoms. The third-order valence-electron chi connectivity index (χ3n) is 6.07. The lowest BCUT2D eigenvalue weighted by molar-refractivity contribution is -0.141. The van der Waals surface area contributed by atoms with Crippen LogP contribution in [0.4, 0.5) is 4.79 Å². The summed E-state index contributed by atoms with van der Waals surface area (Å²) in [6.07, 6.45) is 6.79. The molecular weight excluding hydrogens is 466 g/mol. The zero-order chi connectivity index (χ0) is 26.2. The lowest BCUT2D eigenvalue weighted by atomic mass is 9.94. The predicted octanol–water partition coefficient (Wildman–Crippen LogP) is 4.30. The lowest BCUT2D eigenvalue weighted by Gasteiger charge is -2.33. The fourth-order valence-electron chi connectivity index (χ4n) is 4.24. The molecule has 0 saturated heterocycles. The van der Waals surface area contributed by atoms with Crippen molar-refractivity contribution in [3.8, 4) is 5.75 Å². The van der Waals surface area contributed by atoms with E-state index in [0.29, 0.717) is 23.3 Å². The minimum atomic E-state index is -0.902. The maximum absolute atomic E-state index is 13.6. The number of aryl methyl sites for hydroxylation is 1. The molecule has 3 amide bonds. The summed E-state index contributed by atoms with van der Waals surface area (Å²) in [4.78, 5) is 41.0. The van der Waals surface area contributed by atoms with Crippen LogP contribution in [0, 0.1) is 6.92 Å². The quantitative estimate of drug-likeness (QED) is 0.460. The fraction of sp³-hybridized carbons (Fsp3) is 0.654. The van der Waals surface area contributed by atoms with Crippen molar-refractivity contribution in [1.82, 2.24) is 15.5 Å². The number of phenolic OH excluding ortho intramolecular Hbond substituents is 1. The molecule has 1 aromatic carbocycles. The minimum Gasteiger partial charge on any atom is -0.508 e. The number of carbonyl (C=O) groups is 3. The first-order chi connectivity index (χ1) is 16.4. The average Bonchev–Trinajstić information content (AvgIpc) is 2.78. The highest BCUT2D eigenvalue weighted by molar-refractivity contribution is 7.98. The van der Waals surface area contributed by atoms with Crippen LogP contribution in [-0.2, 0) is 14.3 Å². The van der Waals surface area contributed by atoms with Gasteiger partial charge in [-0.3, -0.25) is 9.59 Å². The average molecular weight is 508 g/mol. The highest BCUT2D eigenvalue weighted by atomic mass is 32.2. The number of hydrogen-bond donors (Lipinski definition) is 3. The van der Waals surface area contributed by atoms with Gasteiger partial charge in [0.15, 0.2) is 0 Å². The van der Waals surface area contributed by atoms with Gasteiger partial charge >= 0.3 is 6.09 Å². The van der Waals surface area contributed by atoms with Gasteiger partial charge in [-0.05, 0) is 82.2 Å². The summed E-state index contributed by atoms with van der Waals surface area (Å²) in [6.45, 7) is 7.03. The Morgan fingerprint density at radius 3 is 2.43 bits per heavy atom. The first kappa shape index (κ1) is 28.8. The molecule has 1 saturated carbocycles. The van der Waals surface area contributed by atoms with Gasteiger partial charge in [0.25, 0.3) is 0 Å². The molecule has 2 rings (SSSR count). The molecule has 3 N–H and O–H groups in total. The molecule has 0 heterocycles. The molecule has 1 aliphatic rings. The van der Waals surface area contributed by atoms with E-state index < -0.39 is 23.8 Å². The Morgan fingerprint density at radius 1 is 1.20 bits per heavy atom. The molecule has 0 spiro atoms. The monoisotopic (exact) mass is 507 g/mol. The number of thioether (sulfide) groups is 1. The van der Waals surface area contributed by atoms with E-state index >= 15 is 0 Å². The van der Waals surface area contributed by atoms with Crippen LogP contribution in [0.25, 0.3) is 0 Å². The largest absolute Gasteiger partial charge is 0.508 e. The Balaban J connectivity index is 2.31. The number of hydrogen-bond acceptors (Lipinski definition) is 6. The van der Waals surface area contributed by atoms with Crippen molar-refractivity contribution in [2.75, 3.05) is 19.1 Å². The van der Waals surface area contributed by atoms with Crippen LogP contribution in [0.15, 0.2) is 18.2 Å². The van der Waals surface area contributed by atoms with Gasteiger partial charge < -0.3 is 25.4 Å². The number of amides is 3. The van der Waals surface area contributed by atoms with Crippen LogP contribution in [0.2, 0.25) is 0 Å². The molecule has 2 unspecified atom stereocenters. The molecule has 1 fully saturated rings. The molecule has 8 nitrogen and oxygen atoms in total. The minimum absolute atomic E-state index is 0.0765. The lowest BCUT2D eigenvalue weighted by Crippen LogP contribution is -2.52. The van der Waals surface area contributed by atoms with Gasteiger partial charge in [-0.15, -0.1) is 0 Å². The van der Waals surface area contributed by atoms with E-state index in [2.05, 4.69) is 10.6 Å². The van der Waals surface area contributed by atoms with Gasteiger partial charge in [0.05, 0.1) is 0 Å². The summed E-state index contributed by atoms with van der Waals surface area (Å²) >= 11 is 1.57. The summed E-state index contributed by atoms with van der Waals surface area (Å²) < 4.78 is 5.37. The molecule has 35 heavy (non-hydrogen) atoms. The van der Waals surface area contributed by atoms with E-state index in [1.807, 2.05) is 6.26 Å². The second-order valence-electron chi connectivity index (χ2n) is 10.2. The number of nitrogens with zero attached hydrogens (tertiary/aromatic N) is 1. The van der Waals surface area contributed by atoms with Crippen LogP contribution in [-0.4, -0.2) is 64.7 Å². The number of rotatable bonds is 9. The zero-order valence-electron chi connectivity index (χ0n) is 21.8. The Morgan fingerprint density at radius 2 is 1.86 bits per heavy atom. The maximum atomic E-state index is 13.6. The van der Waals surface area contributed by atoms with Crippen molar-refractivity contribution >= 4 is 29.7 Å². The van der Waals surface area contributed by atoms with E-state index in [9.17, 15) is 19.5 Å². The van der Waals surface area contributed by atoms with Gasteiger partial charge in [-0.2, -0.15) is 11.8 Å². The molecule has 1 aliphatic carbocycles. The van der Waals surface area contributed by atoms with Gasteiger partial charge in [-0.25, -0.2) is 4.79 Å². The third-order valence-corrected chi connectivity index (χ3v) is 6.72. The van der Waals surface area contributed by atoms with E-state index in [0.717, 1.165) is 25.7 Å². The van der Waals surface area contributed by atoms with Crippen LogP contribution in [0.5, 0.6) is 5.75 Å². The summed E-state index contributed by atoms with van der Waals surface area (Å²) in [7, 11) is 1.58. The van der Waals surface area contributed by atoms with Crippen molar-refractivity contribution in [3.63, 3.8) is 0 Å². The number of alkyl carbamates (subject to hydrolysis) is 1. The van der Waals surface area contributed by atoms with Crippen LogP contribution < -0.4 is 10.6 Å². The van der Waals surface area contributed by atoms with Crippen LogP contribution >= 0.6 is 11.8 Å². The molecule has 0 aliphatic heterocycles. The SMILES string of the molecule is CSCCC(NC(=O)OC(C)(C)C)C(=O)N(C)C(C(=O)NC1CCCCC1)c1ccc(O)c(C)c1. The van der Waals surface area contributed by atoms with E-state index in [1.54, 1.807) is 58.6 Å². The number of phenols is 1. The number of likely N-dealkylation sites (N-methyl/N-ethyl adjacent to an activating group) is 1. The maximum Gasteiger partial charge on any atom is 0.408 e. The molecule has 2 atom stereocenters. The smallest absolute Gasteiger partial charge is 0.408 e. The molecule has 0 aromatic heterocycles. The van der Waals surface area contributed by atoms with Crippen molar-refractivity contribution in [3.05, 3.63) is 29.3 Å². The van der Waals surface area contributed by atoms with Crippen molar-refractivity contribution in [2.45, 2.75) is 89.9 Å². The second-order valence-corrected chi connectivity index (χ2v) is 11.2. The first-order valence-corrected chi connectivity index (χ1v) is 13.7. The zero-order valence-corrected chi connectivity index (χ0v) is 22.7. The Kier molecular flexibility index (Phi) is 10.7. The number of aromatic hydroxyl groups is 1. The Hall–Kier alpha value is -2.42.